The number of hydrogen-bond acceptors (Lipinski definition) is 6. The summed E-state index contributed by atoms with van der Waals surface area (Å²) in [6.45, 7) is 7.89. The van der Waals surface area contributed by atoms with Crippen molar-refractivity contribution < 1.29 is 14.6 Å². The van der Waals surface area contributed by atoms with Gasteiger partial charge >= 0.3 is 0 Å². The topological polar surface area (TPSA) is 57.5 Å². The van der Waals surface area contributed by atoms with E-state index in [0.717, 1.165) is 11.4 Å². The summed E-state index contributed by atoms with van der Waals surface area (Å²) >= 11 is 0. The third-order valence-electron chi connectivity index (χ3n) is 4.55. The van der Waals surface area contributed by atoms with Crippen LogP contribution in [-0.4, -0.2) is 55.0 Å². The molecule has 2 heterocycles. The van der Waals surface area contributed by atoms with Crippen LogP contribution in [0.1, 0.15) is 32.4 Å². The average molecular weight is 345 g/mol. The van der Waals surface area contributed by atoms with Crippen LogP contribution in [0.3, 0.4) is 0 Å². The number of benzene rings is 1. The van der Waals surface area contributed by atoms with Gasteiger partial charge in [-0.05, 0) is 26.8 Å². The molecule has 2 aliphatic heterocycles. The number of para-hydroxylation sites is 1. The number of aliphatic imine (C=N–C) groups is 1. The summed E-state index contributed by atoms with van der Waals surface area (Å²) < 4.78 is 11.4. The number of rotatable bonds is 8. The van der Waals surface area contributed by atoms with Crippen LogP contribution in [-0.2, 0) is 9.47 Å². The molecule has 2 unspecified atom stereocenters. The normalized spacial score (nSPS) is 19.9. The molecule has 0 amide bonds. The smallest absolute Gasteiger partial charge is 0.174 e. The quantitative estimate of drug-likeness (QED) is 0.734. The predicted octanol–water partition coefficient (Wildman–Crippen LogP) is 2.51. The Kier molecular flexibility index (Phi) is 5.73. The summed E-state index contributed by atoms with van der Waals surface area (Å²) in [6.07, 6.45) is 3.63. The molecule has 1 N–H and O–H groups in total. The molecule has 0 spiro atoms. The zero-order chi connectivity index (χ0) is 17.8. The Labute approximate surface area is 149 Å². The Morgan fingerprint density at radius 2 is 1.92 bits per heavy atom. The molecule has 0 saturated carbocycles. The van der Waals surface area contributed by atoms with Crippen molar-refractivity contribution >= 4 is 12.0 Å². The van der Waals surface area contributed by atoms with Gasteiger partial charge in [0, 0.05) is 30.7 Å². The minimum Gasteiger partial charge on any atom is -0.394 e. The molecule has 1 aromatic rings. The van der Waals surface area contributed by atoms with Gasteiger partial charge in [0.25, 0.3) is 0 Å². The first-order valence-electron chi connectivity index (χ1n) is 8.92. The molecule has 1 aromatic carbocycles. The van der Waals surface area contributed by atoms with Crippen molar-refractivity contribution in [2.45, 2.75) is 39.1 Å². The molecule has 2 aliphatic rings. The predicted molar refractivity (Wildman–Crippen MR) is 98.5 cm³/mol. The molecule has 3 rings (SSSR count). The summed E-state index contributed by atoms with van der Waals surface area (Å²) in [5.41, 5.74) is 3.27. The second-order valence-electron chi connectivity index (χ2n) is 6.24. The highest BCUT2D eigenvalue weighted by molar-refractivity contribution is 5.71. The molecule has 136 valence electrons. The van der Waals surface area contributed by atoms with E-state index in [1.165, 1.54) is 5.56 Å². The van der Waals surface area contributed by atoms with Crippen LogP contribution >= 0.6 is 0 Å². The summed E-state index contributed by atoms with van der Waals surface area (Å²) in [5.74, 6) is 0. The van der Waals surface area contributed by atoms with Crippen molar-refractivity contribution in [2.24, 2.45) is 4.99 Å². The van der Waals surface area contributed by atoms with Crippen LogP contribution in [0.25, 0.3) is 0 Å². The fourth-order valence-electron chi connectivity index (χ4n) is 3.36. The van der Waals surface area contributed by atoms with E-state index in [1.54, 1.807) is 0 Å². The lowest BCUT2D eigenvalue weighted by Crippen LogP contribution is -2.39. The highest BCUT2D eigenvalue weighted by atomic mass is 16.7. The lowest BCUT2D eigenvalue weighted by atomic mass is 9.96. The molecule has 0 fully saturated rings. The van der Waals surface area contributed by atoms with Crippen LogP contribution in [0.15, 0.2) is 41.2 Å². The Bertz CT molecular complexity index is 641. The Morgan fingerprint density at radius 3 is 2.60 bits per heavy atom. The van der Waals surface area contributed by atoms with Gasteiger partial charge < -0.3 is 24.4 Å². The standard InChI is InChI=1S/C19H27N3O3/c1-4-24-18(25-5-2)11-21-13-20-16-10-22(14(3)12-23)17-9-7-6-8-15(17)19(16)21/h6-10,13-14,18-19,23H,4-5,11-12H2,1-3H3. The van der Waals surface area contributed by atoms with Crippen molar-refractivity contribution in [1.29, 1.82) is 0 Å². The van der Waals surface area contributed by atoms with Gasteiger partial charge in [0.05, 0.1) is 31.2 Å². The van der Waals surface area contributed by atoms with Crippen molar-refractivity contribution in [1.82, 2.24) is 4.90 Å². The number of aliphatic hydroxyl groups is 1. The van der Waals surface area contributed by atoms with Crippen molar-refractivity contribution in [3.63, 3.8) is 0 Å². The third kappa shape index (κ3) is 3.56. The maximum Gasteiger partial charge on any atom is 0.174 e. The SMILES string of the molecule is CCOC(CN1C=NC2=CN(C(C)CO)c3ccccc3C21)OCC. The number of fused-ring (bicyclic) bond motifs is 3. The molecule has 25 heavy (non-hydrogen) atoms. The Balaban J connectivity index is 1.88. The van der Waals surface area contributed by atoms with Gasteiger partial charge in [0.2, 0.25) is 0 Å². The molecule has 6 nitrogen and oxygen atoms in total. The minimum atomic E-state index is -0.276. The van der Waals surface area contributed by atoms with Crippen LogP contribution in [0.5, 0.6) is 0 Å². The first-order chi connectivity index (χ1) is 12.2. The van der Waals surface area contributed by atoms with Gasteiger partial charge in [-0.25, -0.2) is 4.99 Å². The fraction of sp³-hybridized carbons (Fsp3) is 0.526. The van der Waals surface area contributed by atoms with Crippen molar-refractivity contribution in [3.05, 3.63) is 41.7 Å². The highest BCUT2D eigenvalue weighted by Crippen LogP contribution is 2.43. The van der Waals surface area contributed by atoms with Gasteiger partial charge in [0.1, 0.15) is 6.04 Å². The molecule has 0 radical (unpaired) electrons. The number of hydrogen-bond donors (Lipinski definition) is 1. The molecule has 0 aromatic heterocycles. The third-order valence-corrected chi connectivity index (χ3v) is 4.55. The maximum absolute atomic E-state index is 9.59. The summed E-state index contributed by atoms with van der Waals surface area (Å²) in [5, 5.41) is 9.59. The summed E-state index contributed by atoms with van der Waals surface area (Å²) in [6, 6.07) is 8.34. The number of nitrogens with zero attached hydrogens (tertiary/aromatic N) is 3. The average Bonchev–Trinajstić information content (AvgIpc) is 3.04. The van der Waals surface area contributed by atoms with E-state index < -0.39 is 0 Å². The number of anilines is 1. The molecular formula is C19H27N3O3. The molecule has 0 aliphatic carbocycles. The first kappa shape index (κ1) is 17.9. The van der Waals surface area contributed by atoms with E-state index in [9.17, 15) is 5.11 Å². The van der Waals surface area contributed by atoms with E-state index in [2.05, 4.69) is 26.9 Å². The molecule has 0 bridgehead atoms. The number of aliphatic hydroxyl groups excluding tert-OH is 1. The van der Waals surface area contributed by atoms with Gasteiger partial charge in [-0.3, -0.25) is 0 Å². The lowest BCUT2D eigenvalue weighted by Gasteiger charge is -2.37. The summed E-state index contributed by atoms with van der Waals surface area (Å²) in [4.78, 5) is 8.88. The maximum atomic E-state index is 9.59. The highest BCUT2D eigenvalue weighted by Gasteiger charge is 2.36. The van der Waals surface area contributed by atoms with E-state index in [1.807, 2.05) is 45.4 Å². The largest absolute Gasteiger partial charge is 0.394 e. The van der Waals surface area contributed by atoms with E-state index in [0.29, 0.717) is 19.8 Å². The van der Waals surface area contributed by atoms with Crippen LogP contribution in [0.4, 0.5) is 5.69 Å². The van der Waals surface area contributed by atoms with E-state index in [-0.39, 0.29) is 25.0 Å². The van der Waals surface area contributed by atoms with Gasteiger partial charge in [-0.2, -0.15) is 0 Å². The van der Waals surface area contributed by atoms with Crippen LogP contribution < -0.4 is 4.90 Å². The van der Waals surface area contributed by atoms with Gasteiger partial charge in [0.15, 0.2) is 6.29 Å². The summed E-state index contributed by atoms with van der Waals surface area (Å²) in [7, 11) is 0. The van der Waals surface area contributed by atoms with Crippen LogP contribution in [0, 0.1) is 0 Å². The van der Waals surface area contributed by atoms with Crippen molar-refractivity contribution in [3.8, 4) is 0 Å². The zero-order valence-electron chi connectivity index (χ0n) is 15.1. The van der Waals surface area contributed by atoms with Crippen molar-refractivity contribution in [2.75, 3.05) is 31.3 Å². The monoisotopic (exact) mass is 345 g/mol. The fourth-order valence-corrected chi connectivity index (χ4v) is 3.36. The second-order valence-corrected chi connectivity index (χ2v) is 6.24. The lowest BCUT2D eigenvalue weighted by molar-refractivity contribution is -0.142. The van der Waals surface area contributed by atoms with Crippen LogP contribution in [0.2, 0.25) is 0 Å². The number of ether oxygens (including phenoxy) is 2. The zero-order valence-corrected chi connectivity index (χ0v) is 15.1. The Morgan fingerprint density at radius 1 is 1.20 bits per heavy atom. The molecular weight excluding hydrogens is 318 g/mol. The Hall–Kier alpha value is -1.89. The van der Waals surface area contributed by atoms with Gasteiger partial charge in [-0.1, -0.05) is 18.2 Å². The first-order valence-corrected chi connectivity index (χ1v) is 8.92. The molecule has 2 atom stereocenters. The van der Waals surface area contributed by atoms with E-state index >= 15 is 0 Å². The molecule has 6 heteroatoms. The van der Waals surface area contributed by atoms with Gasteiger partial charge in [-0.15, -0.1) is 0 Å². The minimum absolute atomic E-state index is 0.00144. The van der Waals surface area contributed by atoms with E-state index in [4.69, 9.17) is 9.47 Å². The second kappa shape index (κ2) is 7.99. The molecule has 0 saturated heterocycles.